The number of halogens is 4. The van der Waals surface area contributed by atoms with Crippen LogP contribution in [0.1, 0.15) is 103 Å². The van der Waals surface area contributed by atoms with E-state index in [2.05, 4.69) is 6.92 Å². The molecule has 1 nitrogen and oxygen atoms in total. The predicted octanol–water partition coefficient (Wildman–Crippen LogP) is 10.7. The summed E-state index contributed by atoms with van der Waals surface area (Å²) in [5, 5.41) is 0. The van der Waals surface area contributed by atoms with Gasteiger partial charge in [0.1, 0.15) is 0 Å². The predicted molar refractivity (Wildman–Crippen MR) is 153 cm³/mol. The lowest BCUT2D eigenvalue weighted by atomic mass is 9.60. The lowest BCUT2D eigenvalue weighted by Crippen LogP contribution is -2.35. The number of hydrogen-bond acceptors (Lipinski definition) is 1. The van der Waals surface area contributed by atoms with Gasteiger partial charge >= 0.3 is 0 Å². The van der Waals surface area contributed by atoms with Crippen LogP contribution in [-0.2, 0) is 6.42 Å². The number of aryl methyl sites for hydroxylation is 1. The van der Waals surface area contributed by atoms with Gasteiger partial charge in [-0.05, 0) is 117 Å². The average molecular weight is 559 g/mol. The third kappa shape index (κ3) is 6.39. The zero-order valence-electron chi connectivity index (χ0n) is 24.3. The van der Waals surface area contributed by atoms with Gasteiger partial charge in [0, 0.05) is 11.1 Å². The fourth-order valence-electron chi connectivity index (χ4n) is 8.27. The highest BCUT2D eigenvalue weighted by Crippen LogP contribution is 2.49. The Bertz CT molecular complexity index is 1140. The lowest BCUT2D eigenvalue weighted by Gasteiger charge is -2.45. The molecule has 0 aromatic heterocycles. The molecule has 0 heterocycles. The molecular weight excluding hydrogens is 512 g/mol. The zero-order valence-corrected chi connectivity index (χ0v) is 24.3. The highest BCUT2D eigenvalue weighted by Gasteiger charge is 2.38. The first-order chi connectivity index (χ1) is 19.4. The molecule has 0 spiro atoms. The van der Waals surface area contributed by atoms with E-state index in [1.54, 1.807) is 0 Å². The van der Waals surface area contributed by atoms with E-state index in [9.17, 15) is 17.6 Å². The van der Waals surface area contributed by atoms with Gasteiger partial charge in [0.2, 0.25) is 5.82 Å². The number of ether oxygens (including phenoxy) is 1. The van der Waals surface area contributed by atoms with E-state index in [0.29, 0.717) is 25.4 Å². The number of hydrogen-bond donors (Lipinski definition) is 0. The van der Waals surface area contributed by atoms with Gasteiger partial charge < -0.3 is 4.74 Å². The van der Waals surface area contributed by atoms with Crippen LogP contribution in [0.15, 0.2) is 24.3 Å². The van der Waals surface area contributed by atoms with Crippen LogP contribution in [-0.4, -0.2) is 6.61 Å². The molecule has 2 aromatic carbocycles. The summed E-state index contributed by atoms with van der Waals surface area (Å²) in [6.07, 6.45) is 16.8. The standard InChI is InChI=1S/C35H46F4O/c1-3-5-22-7-12-28-20-27(14-13-26(28)19-22)24-10-8-23(9-11-24)21-40-31-18-17-30(34(38)35(31)39)29-16-15-25(6-4-2)32(36)33(29)37/h15-18,22-24,26-28H,3-14,19-21H2,1-2H3. The normalized spacial score (nSPS) is 28.8. The summed E-state index contributed by atoms with van der Waals surface area (Å²) in [5.41, 5.74) is -0.332. The fraction of sp³-hybridized carbons (Fsp3) is 0.657. The van der Waals surface area contributed by atoms with Crippen molar-refractivity contribution >= 4 is 0 Å². The highest BCUT2D eigenvalue weighted by molar-refractivity contribution is 5.66. The van der Waals surface area contributed by atoms with Crippen LogP contribution >= 0.6 is 0 Å². The zero-order chi connectivity index (χ0) is 28.2. The second-order valence-electron chi connectivity index (χ2n) is 13.0. The van der Waals surface area contributed by atoms with Crippen LogP contribution in [0.2, 0.25) is 0 Å². The van der Waals surface area contributed by atoms with Gasteiger partial charge in [-0.1, -0.05) is 51.7 Å². The highest BCUT2D eigenvalue weighted by atomic mass is 19.2. The van der Waals surface area contributed by atoms with Crippen LogP contribution in [0.4, 0.5) is 17.6 Å². The Balaban J connectivity index is 1.13. The molecule has 0 aliphatic heterocycles. The SMILES string of the molecule is CCCc1ccc(-c2ccc(OCC3CCC(C4CCC5CC(CCC)CCC5C4)CC3)c(F)c2F)c(F)c1F. The first-order valence-corrected chi connectivity index (χ1v) is 16.0. The summed E-state index contributed by atoms with van der Waals surface area (Å²) in [6, 6.07) is 5.39. The summed E-state index contributed by atoms with van der Waals surface area (Å²) in [4.78, 5) is 0. The number of fused-ring (bicyclic) bond motifs is 1. The first kappa shape index (κ1) is 29.5. The first-order valence-electron chi connectivity index (χ1n) is 16.0. The van der Waals surface area contributed by atoms with E-state index in [4.69, 9.17) is 4.74 Å². The van der Waals surface area contributed by atoms with Crippen molar-refractivity contribution in [1.29, 1.82) is 0 Å². The van der Waals surface area contributed by atoms with Crippen molar-refractivity contribution < 1.29 is 22.3 Å². The fourth-order valence-corrected chi connectivity index (χ4v) is 8.27. The summed E-state index contributed by atoms with van der Waals surface area (Å²) < 4.78 is 64.7. The van der Waals surface area contributed by atoms with E-state index in [-0.39, 0.29) is 22.4 Å². The molecule has 0 bridgehead atoms. The molecule has 3 saturated carbocycles. The Hall–Kier alpha value is -2.04. The third-order valence-corrected chi connectivity index (χ3v) is 10.5. The van der Waals surface area contributed by atoms with Crippen molar-refractivity contribution in [2.24, 2.45) is 35.5 Å². The molecule has 220 valence electrons. The molecule has 40 heavy (non-hydrogen) atoms. The Morgan fingerprint density at radius 1 is 0.600 bits per heavy atom. The molecule has 4 unspecified atom stereocenters. The van der Waals surface area contributed by atoms with Gasteiger partial charge in [-0.15, -0.1) is 0 Å². The van der Waals surface area contributed by atoms with Crippen LogP contribution in [0.5, 0.6) is 5.75 Å². The van der Waals surface area contributed by atoms with E-state index in [1.807, 2.05) is 6.92 Å². The van der Waals surface area contributed by atoms with Crippen molar-refractivity contribution in [3.63, 3.8) is 0 Å². The Morgan fingerprint density at radius 3 is 1.88 bits per heavy atom. The number of benzene rings is 2. The molecule has 0 saturated heterocycles. The Morgan fingerprint density at radius 2 is 1.18 bits per heavy atom. The smallest absolute Gasteiger partial charge is 0.201 e. The van der Waals surface area contributed by atoms with E-state index < -0.39 is 23.3 Å². The molecule has 0 radical (unpaired) electrons. The molecule has 0 amide bonds. The molecule has 0 N–H and O–H groups in total. The van der Waals surface area contributed by atoms with E-state index >= 15 is 0 Å². The van der Waals surface area contributed by atoms with Crippen LogP contribution < -0.4 is 4.74 Å². The molecule has 3 aliphatic carbocycles. The minimum Gasteiger partial charge on any atom is -0.490 e. The minimum absolute atomic E-state index is 0.163. The van der Waals surface area contributed by atoms with Crippen LogP contribution in [0.3, 0.4) is 0 Å². The lowest BCUT2D eigenvalue weighted by molar-refractivity contribution is 0.0544. The van der Waals surface area contributed by atoms with Crippen molar-refractivity contribution in [3.05, 3.63) is 53.1 Å². The molecule has 3 fully saturated rings. The maximum atomic E-state index is 15.0. The molecule has 5 rings (SSSR count). The Kier molecular flexibility index (Phi) is 9.79. The molecule has 5 heteroatoms. The van der Waals surface area contributed by atoms with Gasteiger partial charge in [0.25, 0.3) is 0 Å². The minimum atomic E-state index is -1.21. The average Bonchev–Trinajstić information content (AvgIpc) is 2.97. The van der Waals surface area contributed by atoms with Gasteiger partial charge in [0.15, 0.2) is 23.2 Å². The molecule has 2 aromatic rings. The van der Waals surface area contributed by atoms with Crippen LogP contribution in [0, 0.1) is 58.8 Å². The van der Waals surface area contributed by atoms with E-state index in [1.165, 1.54) is 88.5 Å². The van der Waals surface area contributed by atoms with Gasteiger partial charge in [-0.25, -0.2) is 13.2 Å². The van der Waals surface area contributed by atoms with Crippen molar-refractivity contribution in [2.45, 2.75) is 104 Å². The summed E-state index contributed by atoms with van der Waals surface area (Å²) >= 11 is 0. The topological polar surface area (TPSA) is 9.23 Å². The second-order valence-corrected chi connectivity index (χ2v) is 13.0. The van der Waals surface area contributed by atoms with Gasteiger partial charge in [-0.2, -0.15) is 4.39 Å². The third-order valence-electron chi connectivity index (χ3n) is 10.5. The van der Waals surface area contributed by atoms with Gasteiger partial charge in [0.05, 0.1) is 6.61 Å². The summed E-state index contributed by atoms with van der Waals surface area (Å²) in [6.45, 7) is 4.54. The van der Waals surface area contributed by atoms with Gasteiger partial charge in [-0.3, -0.25) is 0 Å². The monoisotopic (exact) mass is 558 g/mol. The quantitative estimate of drug-likeness (QED) is 0.278. The Labute approximate surface area is 238 Å². The van der Waals surface area contributed by atoms with Crippen LogP contribution in [0.25, 0.3) is 11.1 Å². The molecular formula is C35H46F4O. The van der Waals surface area contributed by atoms with Crippen molar-refractivity contribution in [2.75, 3.05) is 6.61 Å². The number of rotatable bonds is 9. The molecule has 3 aliphatic rings. The molecule has 4 atom stereocenters. The summed E-state index contributed by atoms with van der Waals surface area (Å²) in [7, 11) is 0. The summed E-state index contributed by atoms with van der Waals surface area (Å²) in [5.74, 6) is 0.182. The van der Waals surface area contributed by atoms with E-state index in [0.717, 1.165) is 42.4 Å². The second kappa shape index (κ2) is 13.3. The van der Waals surface area contributed by atoms with Crippen molar-refractivity contribution in [1.82, 2.24) is 0 Å². The van der Waals surface area contributed by atoms with Crippen molar-refractivity contribution in [3.8, 4) is 16.9 Å². The largest absolute Gasteiger partial charge is 0.490 e. The maximum absolute atomic E-state index is 15.0. The maximum Gasteiger partial charge on any atom is 0.201 e.